The van der Waals surface area contributed by atoms with Gasteiger partial charge in [-0.15, -0.1) is 0 Å². The molecule has 126 valence electrons. The molecule has 1 atom stereocenters. The summed E-state index contributed by atoms with van der Waals surface area (Å²) in [6.07, 6.45) is 0.502. The quantitative estimate of drug-likeness (QED) is 0.850. The summed E-state index contributed by atoms with van der Waals surface area (Å²) in [6.45, 7) is 5.83. The lowest BCUT2D eigenvalue weighted by Gasteiger charge is -2.44. The van der Waals surface area contributed by atoms with E-state index in [9.17, 15) is 9.59 Å². The van der Waals surface area contributed by atoms with E-state index in [1.807, 2.05) is 36.9 Å². The van der Waals surface area contributed by atoms with Crippen LogP contribution in [0.2, 0.25) is 0 Å². The second-order valence-electron chi connectivity index (χ2n) is 6.62. The van der Waals surface area contributed by atoms with Gasteiger partial charge in [0, 0.05) is 30.6 Å². The molecule has 0 spiro atoms. The maximum Gasteiger partial charge on any atom is 0.410 e. The summed E-state index contributed by atoms with van der Waals surface area (Å²) in [5.41, 5.74) is 1.04. The fourth-order valence-electron chi connectivity index (χ4n) is 3.73. The van der Waals surface area contributed by atoms with Crippen LogP contribution >= 0.6 is 0 Å². The molecule has 2 aliphatic rings. The highest BCUT2D eigenvalue weighted by Crippen LogP contribution is 2.32. The van der Waals surface area contributed by atoms with Crippen LogP contribution in [0, 0.1) is 6.92 Å². The van der Waals surface area contributed by atoms with E-state index in [2.05, 4.69) is 0 Å². The van der Waals surface area contributed by atoms with Gasteiger partial charge in [-0.25, -0.2) is 4.79 Å². The molecule has 2 amide bonds. The molecule has 2 saturated heterocycles. The molecule has 24 heavy (non-hydrogen) atoms. The molecule has 4 rings (SSSR count). The fraction of sp³-hybridized carbons (Fsp3) is 0.444. The second kappa shape index (κ2) is 5.26. The maximum absolute atomic E-state index is 12.9. The first-order chi connectivity index (χ1) is 11.5. The van der Waals surface area contributed by atoms with E-state index in [0.29, 0.717) is 31.8 Å². The molecule has 0 saturated carbocycles. The zero-order valence-corrected chi connectivity index (χ0v) is 13.9. The van der Waals surface area contributed by atoms with Crippen molar-refractivity contribution >= 4 is 23.0 Å². The molecule has 0 radical (unpaired) electrons. The number of hydrogen-bond acceptors (Lipinski definition) is 4. The van der Waals surface area contributed by atoms with Crippen molar-refractivity contribution in [1.29, 1.82) is 0 Å². The molecule has 0 N–H and O–H groups in total. The van der Waals surface area contributed by atoms with Gasteiger partial charge in [-0.3, -0.25) is 9.69 Å². The molecule has 1 aromatic heterocycles. The number of carbonyl (C=O) groups is 2. The predicted molar refractivity (Wildman–Crippen MR) is 87.9 cm³/mol. The summed E-state index contributed by atoms with van der Waals surface area (Å²) >= 11 is 0. The molecule has 2 aromatic rings. The number of hydrogen-bond donors (Lipinski definition) is 0. The molecule has 3 heterocycles. The molecular formula is C18H20N2O4. The normalized spacial score (nSPS) is 23.5. The van der Waals surface area contributed by atoms with Gasteiger partial charge in [0.15, 0.2) is 0 Å². The molecule has 2 aliphatic heterocycles. The summed E-state index contributed by atoms with van der Waals surface area (Å²) in [6, 6.07) is 7.44. The zero-order chi connectivity index (χ0) is 16.9. The minimum atomic E-state index is -0.388. The number of nitrogens with zero attached hydrogens (tertiary/aromatic N) is 2. The van der Waals surface area contributed by atoms with Crippen LogP contribution in [0.3, 0.4) is 0 Å². The van der Waals surface area contributed by atoms with Gasteiger partial charge >= 0.3 is 6.09 Å². The van der Waals surface area contributed by atoms with Crippen molar-refractivity contribution in [3.63, 3.8) is 0 Å². The Hall–Kier alpha value is -2.50. The minimum absolute atomic E-state index is 0.0115. The fourth-order valence-corrected chi connectivity index (χ4v) is 3.73. The monoisotopic (exact) mass is 328 g/mol. The van der Waals surface area contributed by atoms with Crippen molar-refractivity contribution in [3.8, 4) is 0 Å². The van der Waals surface area contributed by atoms with Crippen molar-refractivity contribution in [2.24, 2.45) is 0 Å². The number of aryl methyl sites for hydroxylation is 1. The summed E-state index contributed by atoms with van der Waals surface area (Å²) in [5, 5.41) is 0.932. The Balaban J connectivity index is 1.60. The summed E-state index contributed by atoms with van der Waals surface area (Å²) in [5.74, 6) is 0.817. The van der Waals surface area contributed by atoms with E-state index in [-0.39, 0.29) is 17.5 Å². The lowest BCUT2D eigenvalue weighted by molar-refractivity contribution is 0.0362. The number of benzene rings is 1. The lowest BCUT2D eigenvalue weighted by Crippen LogP contribution is -2.62. The average Bonchev–Trinajstić information content (AvgIpc) is 3.13. The van der Waals surface area contributed by atoms with E-state index >= 15 is 0 Å². The van der Waals surface area contributed by atoms with Crippen molar-refractivity contribution in [3.05, 3.63) is 35.6 Å². The number of piperazine rings is 1. The van der Waals surface area contributed by atoms with Crippen LogP contribution in [0.25, 0.3) is 11.0 Å². The molecule has 1 aromatic carbocycles. The summed E-state index contributed by atoms with van der Waals surface area (Å²) in [4.78, 5) is 28.4. The van der Waals surface area contributed by atoms with E-state index in [1.54, 1.807) is 11.0 Å². The predicted octanol–water partition coefficient (Wildman–Crippen LogP) is 2.80. The van der Waals surface area contributed by atoms with Crippen LogP contribution in [0.5, 0.6) is 0 Å². The number of fused-ring (bicyclic) bond motifs is 2. The molecule has 2 fully saturated rings. The third kappa shape index (κ3) is 2.17. The third-order valence-electron chi connectivity index (χ3n) is 5.17. The van der Waals surface area contributed by atoms with Gasteiger partial charge in [0.05, 0.1) is 5.54 Å². The summed E-state index contributed by atoms with van der Waals surface area (Å²) in [7, 11) is 0. The van der Waals surface area contributed by atoms with E-state index in [4.69, 9.17) is 9.15 Å². The number of carbonyl (C=O) groups excluding carboxylic acids is 2. The SMILES string of the molecule is CCC12COC(=O)N1CCN(C(=O)c1ccc3oc(C)cc3c1)C2. The van der Waals surface area contributed by atoms with Crippen LogP contribution in [0.1, 0.15) is 29.5 Å². The van der Waals surface area contributed by atoms with Crippen molar-refractivity contribution in [1.82, 2.24) is 9.80 Å². The number of cyclic esters (lactones) is 1. The zero-order valence-electron chi connectivity index (χ0n) is 13.9. The Labute approximate surface area is 140 Å². The standard InChI is InChI=1S/C18H20N2O4/c1-3-18-10-19(6-7-20(18)17(22)23-11-18)16(21)13-4-5-15-14(9-13)8-12(2)24-15/h4-5,8-9H,3,6-7,10-11H2,1-2H3. The first kappa shape index (κ1) is 15.1. The van der Waals surface area contributed by atoms with Gasteiger partial charge in [0.25, 0.3) is 5.91 Å². The maximum atomic E-state index is 12.9. The van der Waals surface area contributed by atoms with Crippen molar-refractivity contribution in [2.75, 3.05) is 26.2 Å². The van der Waals surface area contributed by atoms with Gasteiger partial charge in [0.1, 0.15) is 18.0 Å². The number of ether oxygens (including phenoxy) is 1. The largest absolute Gasteiger partial charge is 0.461 e. The van der Waals surface area contributed by atoms with Crippen LogP contribution in [0.4, 0.5) is 4.79 Å². The van der Waals surface area contributed by atoms with Gasteiger partial charge in [0.2, 0.25) is 0 Å². The highest BCUT2D eigenvalue weighted by molar-refractivity contribution is 5.98. The van der Waals surface area contributed by atoms with Gasteiger partial charge in [-0.1, -0.05) is 6.92 Å². The Bertz CT molecular complexity index is 828. The van der Waals surface area contributed by atoms with Crippen LogP contribution in [-0.2, 0) is 4.74 Å². The second-order valence-corrected chi connectivity index (χ2v) is 6.62. The minimum Gasteiger partial charge on any atom is -0.461 e. The molecule has 1 unspecified atom stereocenters. The van der Waals surface area contributed by atoms with Crippen LogP contribution in [0.15, 0.2) is 28.7 Å². The molecule has 6 heteroatoms. The van der Waals surface area contributed by atoms with E-state index in [1.165, 1.54) is 0 Å². The first-order valence-corrected chi connectivity index (χ1v) is 8.26. The summed E-state index contributed by atoms with van der Waals surface area (Å²) < 4.78 is 10.8. The van der Waals surface area contributed by atoms with E-state index < -0.39 is 0 Å². The number of amides is 2. The van der Waals surface area contributed by atoms with Gasteiger partial charge in [-0.05, 0) is 37.6 Å². The first-order valence-electron chi connectivity index (χ1n) is 8.26. The Kier molecular flexibility index (Phi) is 3.30. The highest BCUT2D eigenvalue weighted by Gasteiger charge is 2.50. The van der Waals surface area contributed by atoms with Gasteiger partial charge < -0.3 is 14.1 Å². The topological polar surface area (TPSA) is 63.0 Å². The van der Waals surface area contributed by atoms with E-state index in [0.717, 1.165) is 23.2 Å². The number of furan rings is 1. The lowest BCUT2D eigenvalue weighted by atomic mass is 9.92. The number of rotatable bonds is 2. The van der Waals surface area contributed by atoms with Crippen molar-refractivity contribution < 1.29 is 18.7 Å². The van der Waals surface area contributed by atoms with Crippen molar-refractivity contribution in [2.45, 2.75) is 25.8 Å². The van der Waals surface area contributed by atoms with Crippen LogP contribution < -0.4 is 0 Å². The molecular weight excluding hydrogens is 308 g/mol. The third-order valence-corrected chi connectivity index (χ3v) is 5.17. The Morgan fingerprint density at radius 3 is 2.92 bits per heavy atom. The highest BCUT2D eigenvalue weighted by atomic mass is 16.6. The average molecular weight is 328 g/mol. The van der Waals surface area contributed by atoms with Gasteiger partial charge in [-0.2, -0.15) is 0 Å². The smallest absolute Gasteiger partial charge is 0.410 e. The Morgan fingerprint density at radius 2 is 2.12 bits per heavy atom. The molecule has 0 bridgehead atoms. The Morgan fingerprint density at radius 1 is 1.29 bits per heavy atom. The molecule has 0 aliphatic carbocycles. The van der Waals surface area contributed by atoms with Crippen LogP contribution in [-0.4, -0.2) is 53.6 Å². The molecule has 6 nitrogen and oxygen atoms in total.